The summed E-state index contributed by atoms with van der Waals surface area (Å²) in [4.78, 5) is 32.4. The van der Waals surface area contributed by atoms with Crippen molar-refractivity contribution in [3.63, 3.8) is 0 Å². The number of nitrogens with zero attached hydrogens (tertiary/aromatic N) is 2. The second-order valence-electron chi connectivity index (χ2n) is 7.84. The van der Waals surface area contributed by atoms with Crippen LogP contribution in [0.1, 0.15) is 39.2 Å². The largest absolute Gasteiger partial charge is 0.493 e. The van der Waals surface area contributed by atoms with Gasteiger partial charge in [-0.2, -0.15) is 0 Å². The van der Waals surface area contributed by atoms with E-state index in [1.54, 1.807) is 43.5 Å². The zero-order valence-corrected chi connectivity index (χ0v) is 18.3. The molecule has 32 heavy (non-hydrogen) atoms. The third-order valence-corrected chi connectivity index (χ3v) is 5.91. The molecule has 2 N–H and O–H groups in total. The molecule has 4 rings (SSSR count). The monoisotopic (exact) mass is 431 g/mol. The summed E-state index contributed by atoms with van der Waals surface area (Å²) in [6, 6.07) is 16.5. The number of nitrogens with two attached hydrogens (primary N) is 1. The van der Waals surface area contributed by atoms with Gasteiger partial charge in [0, 0.05) is 18.3 Å². The zero-order valence-electron chi connectivity index (χ0n) is 18.3. The van der Waals surface area contributed by atoms with Gasteiger partial charge in [0.05, 0.1) is 26.3 Å². The normalized spacial score (nSPS) is 14.6. The number of carbonyl (C=O) groups excluding carboxylic acids is 2. The molecule has 0 aliphatic carbocycles. The fourth-order valence-electron chi connectivity index (χ4n) is 4.35. The predicted octanol–water partition coefficient (Wildman–Crippen LogP) is 3.18. The van der Waals surface area contributed by atoms with Crippen molar-refractivity contribution < 1.29 is 19.1 Å². The molecule has 2 aromatic carbocycles. The van der Waals surface area contributed by atoms with Gasteiger partial charge in [-0.25, -0.2) is 0 Å². The lowest BCUT2D eigenvalue weighted by Crippen LogP contribution is -2.50. The van der Waals surface area contributed by atoms with E-state index < -0.39 is 11.4 Å². The van der Waals surface area contributed by atoms with Crippen LogP contribution in [0.5, 0.6) is 11.5 Å². The summed E-state index contributed by atoms with van der Waals surface area (Å²) < 4.78 is 10.9. The number of methoxy groups -OCH3 is 2. The molecule has 3 aromatic rings. The van der Waals surface area contributed by atoms with Crippen LogP contribution < -0.4 is 15.2 Å². The Balaban J connectivity index is 2.00. The number of benzene rings is 2. The fourth-order valence-corrected chi connectivity index (χ4v) is 4.35. The number of amides is 2. The Morgan fingerprint density at radius 2 is 1.84 bits per heavy atom. The van der Waals surface area contributed by atoms with Crippen LogP contribution in [0.3, 0.4) is 0 Å². The van der Waals surface area contributed by atoms with E-state index in [1.807, 2.05) is 43.3 Å². The van der Waals surface area contributed by atoms with Crippen LogP contribution >= 0.6 is 0 Å². The number of fused-ring (bicyclic) bond motifs is 1. The maximum absolute atomic E-state index is 13.6. The minimum absolute atomic E-state index is 0.141. The Hall–Kier alpha value is -3.87. The average Bonchev–Trinajstić information content (AvgIpc) is 3.14. The summed E-state index contributed by atoms with van der Waals surface area (Å²) in [5, 5.41) is 0. The summed E-state index contributed by atoms with van der Waals surface area (Å²) in [6.45, 7) is 2.26. The second kappa shape index (κ2) is 8.34. The first-order chi connectivity index (χ1) is 15.4. The zero-order chi connectivity index (χ0) is 22.9. The molecule has 1 aliphatic rings. The number of hydrogen-bond donors (Lipinski definition) is 1. The van der Waals surface area contributed by atoms with E-state index in [1.165, 1.54) is 0 Å². The first kappa shape index (κ1) is 21.4. The molecule has 0 spiro atoms. The SMILES string of the molecule is COc1ccc(C(CC(N)=O)(c2ccc(C)cn2)N2Cc3ccccc3C2=O)cc1OC. The molecule has 0 radical (unpaired) electrons. The highest BCUT2D eigenvalue weighted by Crippen LogP contribution is 2.45. The van der Waals surface area contributed by atoms with Crippen molar-refractivity contribution in [2.45, 2.75) is 25.4 Å². The molecule has 0 saturated carbocycles. The van der Waals surface area contributed by atoms with Crippen molar-refractivity contribution >= 4 is 11.8 Å². The van der Waals surface area contributed by atoms with Crippen LogP contribution in [0.2, 0.25) is 0 Å². The highest BCUT2D eigenvalue weighted by atomic mass is 16.5. The van der Waals surface area contributed by atoms with Crippen molar-refractivity contribution in [3.8, 4) is 11.5 Å². The van der Waals surface area contributed by atoms with Crippen molar-refractivity contribution in [2.75, 3.05) is 14.2 Å². The molecule has 0 fully saturated rings. The highest BCUT2D eigenvalue weighted by molar-refractivity contribution is 5.99. The number of ether oxygens (including phenoxy) is 2. The van der Waals surface area contributed by atoms with E-state index in [4.69, 9.17) is 15.2 Å². The molecule has 0 saturated heterocycles. The average molecular weight is 431 g/mol. The number of primary amides is 1. The van der Waals surface area contributed by atoms with Gasteiger partial charge in [0.25, 0.3) is 5.91 Å². The maximum Gasteiger partial charge on any atom is 0.255 e. The van der Waals surface area contributed by atoms with Crippen molar-refractivity contribution in [1.29, 1.82) is 0 Å². The molecule has 1 aromatic heterocycles. The number of rotatable bonds is 7. The van der Waals surface area contributed by atoms with Crippen molar-refractivity contribution in [2.24, 2.45) is 5.73 Å². The number of aromatic nitrogens is 1. The van der Waals surface area contributed by atoms with Gasteiger partial charge in [0.2, 0.25) is 5.91 Å². The predicted molar refractivity (Wildman–Crippen MR) is 119 cm³/mol. The van der Waals surface area contributed by atoms with E-state index >= 15 is 0 Å². The van der Waals surface area contributed by atoms with E-state index in [-0.39, 0.29) is 12.3 Å². The molecule has 7 nitrogen and oxygen atoms in total. The van der Waals surface area contributed by atoms with Crippen LogP contribution in [0.4, 0.5) is 0 Å². The molecular weight excluding hydrogens is 406 g/mol. The van der Waals surface area contributed by atoms with Gasteiger partial charge in [-0.15, -0.1) is 0 Å². The molecule has 2 amide bonds. The molecule has 7 heteroatoms. The molecule has 1 unspecified atom stereocenters. The van der Waals surface area contributed by atoms with Crippen LogP contribution in [0.25, 0.3) is 0 Å². The van der Waals surface area contributed by atoms with Crippen LogP contribution in [0, 0.1) is 6.92 Å². The number of aryl methyl sites for hydroxylation is 1. The number of hydrogen-bond acceptors (Lipinski definition) is 5. The fraction of sp³-hybridized carbons (Fsp3) is 0.240. The van der Waals surface area contributed by atoms with E-state index in [9.17, 15) is 9.59 Å². The minimum atomic E-state index is -1.23. The summed E-state index contributed by atoms with van der Waals surface area (Å²) >= 11 is 0. The van der Waals surface area contributed by atoms with Crippen LogP contribution in [0.15, 0.2) is 60.8 Å². The lowest BCUT2D eigenvalue weighted by molar-refractivity contribution is -0.120. The molecular formula is C25H25N3O4. The first-order valence-corrected chi connectivity index (χ1v) is 10.2. The molecule has 164 valence electrons. The Kier molecular flexibility index (Phi) is 5.57. The minimum Gasteiger partial charge on any atom is -0.493 e. The second-order valence-corrected chi connectivity index (χ2v) is 7.84. The smallest absolute Gasteiger partial charge is 0.255 e. The molecule has 2 heterocycles. The van der Waals surface area contributed by atoms with Gasteiger partial charge in [-0.3, -0.25) is 14.6 Å². The van der Waals surface area contributed by atoms with Crippen molar-refractivity contribution in [1.82, 2.24) is 9.88 Å². The van der Waals surface area contributed by atoms with Gasteiger partial charge in [0.15, 0.2) is 11.5 Å². The van der Waals surface area contributed by atoms with Gasteiger partial charge < -0.3 is 20.1 Å². The summed E-state index contributed by atoms with van der Waals surface area (Å²) in [7, 11) is 3.09. The molecule has 1 aliphatic heterocycles. The first-order valence-electron chi connectivity index (χ1n) is 10.2. The topological polar surface area (TPSA) is 94.8 Å². The van der Waals surface area contributed by atoms with Gasteiger partial charge in [0.1, 0.15) is 5.54 Å². The summed E-state index contributed by atoms with van der Waals surface area (Å²) in [5.41, 5.74) is 8.21. The number of pyridine rings is 1. The third-order valence-electron chi connectivity index (χ3n) is 5.91. The summed E-state index contributed by atoms with van der Waals surface area (Å²) in [6.07, 6.45) is 1.58. The van der Waals surface area contributed by atoms with E-state index in [0.29, 0.717) is 34.9 Å². The Labute approximate surface area is 186 Å². The lowest BCUT2D eigenvalue weighted by atomic mass is 9.80. The van der Waals surface area contributed by atoms with E-state index in [0.717, 1.165) is 11.1 Å². The van der Waals surface area contributed by atoms with Gasteiger partial charge in [-0.1, -0.05) is 30.3 Å². The van der Waals surface area contributed by atoms with Gasteiger partial charge >= 0.3 is 0 Å². The number of carbonyl (C=O) groups is 2. The van der Waals surface area contributed by atoms with E-state index in [2.05, 4.69) is 4.98 Å². The third kappa shape index (κ3) is 3.45. The van der Waals surface area contributed by atoms with Crippen molar-refractivity contribution in [3.05, 3.63) is 88.7 Å². The molecule has 1 atom stereocenters. The highest BCUT2D eigenvalue weighted by Gasteiger charge is 2.48. The van der Waals surface area contributed by atoms with Gasteiger partial charge in [-0.05, 0) is 47.9 Å². The van der Waals surface area contributed by atoms with Crippen LogP contribution in [-0.2, 0) is 16.9 Å². The Morgan fingerprint density at radius 3 is 2.47 bits per heavy atom. The Bertz CT molecular complexity index is 1180. The quantitative estimate of drug-likeness (QED) is 0.620. The summed E-state index contributed by atoms with van der Waals surface area (Å²) in [5.74, 6) is 0.289. The van der Waals surface area contributed by atoms with Crippen LogP contribution in [-0.4, -0.2) is 35.9 Å². The maximum atomic E-state index is 13.6. The lowest BCUT2D eigenvalue weighted by Gasteiger charge is -2.41. The Morgan fingerprint density at radius 1 is 1.09 bits per heavy atom. The molecule has 0 bridgehead atoms. The standard InChI is InChI=1S/C25H25N3O4/c1-16-8-11-22(27-14-16)25(13-23(26)29,18-9-10-20(31-2)21(12-18)32-3)28-15-17-6-4-5-7-19(17)24(28)30/h4-12,14H,13,15H2,1-3H3,(H2,26,29).